The molecule has 0 radical (unpaired) electrons. The zero-order valence-corrected chi connectivity index (χ0v) is 14.3. The van der Waals surface area contributed by atoms with E-state index < -0.39 is 26.3 Å². The third-order valence-electron chi connectivity index (χ3n) is 3.95. The zero-order valence-electron chi connectivity index (χ0n) is 13.5. The van der Waals surface area contributed by atoms with Gasteiger partial charge in [-0.15, -0.1) is 4.59 Å². The van der Waals surface area contributed by atoms with Gasteiger partial charge in [0, 0.05) is 18.2 Å². The first kappa shape index (κ1) is 18.2. The normalized spacial score (nSPS) is 20.2. The van der Waals surface area contributed by atoms with Gasteiger partial charge in [0.15, 0.2) is 5.69 Å². The SMILES string of the molecule is C[N+]1(c2ccc(S(=O)(=O)c3ccccc3O)cc2)C=CC(C(F)(F)F)=N1. The highest BCUT2D eigenvalue weighted by atomic mass is 32.2. The standard InChI is InChI=1S/C17H13F3N2O3S/c1-22(11-10-16(21-22)17(18,19)20)12-6-8-13(9-7-12)26(24,25)15-5-3-2-4-14(15)23/h2-11H,1H3/p+1. The van der Waals surface area contributed by atoms with E-state index in [0.29, 0.717) is 5.69 Å². The molecule has 1 unspecified atom stereocenters. The van der Waals surface area contributed by atoms with Gasteiger partial charge in [0.25, 0.3) is 0 Å². The van der Waals surface area contributed by atoms with Crippen molar-refractivity contribution in [2.45, 2.75) is 16.0 Å². The van der Waals surface area contributed by atoms with Crippen LogP contribution in [0.5, 0.6) is 5.75 Å². The van der Waals surface area contributed by atoms with Crippen LogP contribution < -0.4 is 4.59 Å². The average Bonchev–Trinajstić information content (AvgIpc) is 2.99. The number of halogens is 3. The van der Waals surface area contributed by atoms with Crippen molar-refractivity contribution in [2.75, 3.05) is 7.05 Å². The summed E-state index contributed by atoms with van der Waals surface area (Å²) in [5.74, 6) is -0.377. The van der Waals surface area contributed by atoms with E-state index in [1.54, 1.807) is 0 Å². The molecule has 9 heteroatoms. The molecule has 5 nitrogen and oxygen atoms in total. The van der Waals surface area contributed by atoms with E-state index in [-0.39, 0.29) is 15.5 Å². The van der Waals surface area contributed by atoms with Crippen molar-refractivity contribution in [1.82, 2.24) is 4.59 Å². The lowest BCUT2D eigenvalue weighted by atomic mass is 10.3. The lowest BCUT2D eigenvalue weighted by Crippen LogP contribution is -2.32. The van der Waals surface area contributed by atoms with Gasteiger partial charge in [-0.25, -0.2) is 8.42 Å². The van der Waals surface area contributed by atoms with Gasteiger partial charge in [-0.2, -0.15) is 13.2 Å². The van der Waals surface area contributed by atoms with E-state index in [2.05, 4.69) is 5.10 Å². The van der Waals surface area contributed by atoms with Crippen LogP contribution in [0.1, 0.15) is 0 Å². The summed E-state index contributed by atoms with van der Waals surface area (Å²) in [5, 5.41) is 13.4. The minimum atomic E-state index is -4.55. The summed E-state index contributed by atoms with van der Waals surface area (Å²) in [6.07, 6.45) is -2.41. The molecule has 1 atom stereocenters. The Labute approximate surface area is 147 Å². The van der Waals surface area contributed by atoms with Crippen LogP contribution in [0, 0.1) is 0 Å². The van der Waals surface area contributed by atoms with Crippen molar-refractivity contribution in [2.24, 2.45) is 5.10 Å². The van der Waals surface area contributed by atoms with Crippen molar-refractivity contribution >= 4 is 21.2 Å². The monoisotopic (exact) mass is 383 g/mol. The number of benzene rings is 2. The summed E-state index contributed by atoms with van der Waals surface area (Å²) in [7, 11) is -2.51. The largest absolute Gasteiger partial charge is 0.507 e. The van der Waals surface area contributed by atoms with Gasteiger partial charge in [0.05, 0.1) is 4.90 Å². The Bertz CT molecular complexity index is 1010. The van der Waals surface area contributed by atoms with Crippen molar-refractivity contribution < 1.29 is 26.7 Å². The second-order valence-electron chi connectivity index (χ2n) is 5.79. The van der Waals surface area contributed by atoms with Crippen molar-refractivity contribution in [3.8, 4) is 5.75 Å². The van der Waals surface area contributed by atoms with Gasteiger partial charge in [0.2, 0.25) is 15.5 Å². The minimum Gasteiger partial charge on any atom is -0.507 e. The highest BCUT2D eigenvalue weighted by Crippen LogP contribution is 2.33. The highest BCUT2D eigenvalue weighted by molar-refractivity contribution is 7.91. The molecule has 0 fully saturated rings. The number of alkyl halides is 3. The molecule has 2 aromatic rings. The number of rotatable bonds is 3. The quantitative estimate of drug-likeness (QED) is 0.824. The van der Waals surface area contributed by atoms with E-state index in [0.717, 1.165) is 6.08 Å². The molecule has 2 aromatic carbocycles. The van der Waals surface area contributed by atoms with Crippen LogP contribution in [-0.2, 0) is 9.84 Å². The predicted octanol–water partition coefficient (Wildman–Crippen LogP) is 3.61. The first-order valence-electron chi connectivity index (χ1n) is 7.41. The molecule has 1 aliphatic heterocycles. The maximum absolute atomic E-state index is 12.8. The summed E-state index contributed by atoms with van der Waals surface area (Å²) < 4.78 is 63.0. The van der Waals surface area contributed by atoms with Gasteiger partial charge in [0.1, 0.15) is 23.9 Å². The molecular weight excluding hydrogens is 369 g/mol. The number of quaternary nitrogens is 1. The van der Waals surface area contributed by atoms with E-state index >= 15 is 0 Å². The molecule has 26 heavy (non-hydrogen) atoms. The molecule has 3 rings (SSSR count). The molecule has 0 spiro atoms. The summed E-state index contributed by atoms with van der Waals surface area (Å²) >= 11 is 0. The fourth-order valence-electron chi connectivity index (χ4n) is 2.54. The number of allylic oxidation sites excluding steroid dienone is 1. The molecule has 0 saturated heterocycles. The van der Waals surface area contributed by atoms with Crippen LogP contribution >= 0.6 is 0 Å². The van der Waals surface area contributed by atoms with Gasteiger partial charge in [-0.3, -0.25) is 0 Å². The van der Waals surface area contributed by atoms with Crippen LogP contribution in [0.15, 0.2) is 75.7 Å². The molecule has 0 aromatic heterocycles. The zero-order chi connectivity index (χ0) is 19.2. The Balaban J connectivity index is 1.97. The van der Waals surface area contributed by atoms with Crippen LogP contribution in [0.25, 0.3) is 0 Å². The Hall–Kier alpha value is -2.65. The van der Waals surface area contributed by atoms with E-state index in [1.807, 2.05) is 0 Å². The Morgan fingerprint density at radius 2 is 1.65 bits per heavy atom. The van der Waals surface area contributed by atoms with Crippen molar-refractivity contribution in [3.63, 3.8) is 0 Å². The fraction of sp³-hybridized carbons (Fsp3) is 0.118. The third-order valence-corrected chi connectivity index (χ3v) is 5.77. The number of hydrogen-bond acceptors (Lipinski definition) is 4. The average molecular weight is 383 g/mol. The molecule has 0 amide bonds. The van der Waals surface area contributed by atoms with Gasteiger partial charge >= 0.3 is 6.18 Å². The van der Waals surface area contributed by atoms with Gasteiger partial charge in [-0.05, 0) is 24.3 Å². The minimum absolute atomic E-state index is 0.0856. The van der Waals surface area contributed by atoms with Crippen LogP contribution in [0.2, 0.25) is 0 Å². The summed E-state index contributed by atoms with van der Waals surface area (Å²) in [6, 6.07) is 10.8. The maximum Gasteiger partial charge on any atom is 0.438 e. The molecule has 1 N–H and O–H groups in total. The molecule has 0 aliphatic carbocycles. The van der Waals surface area contributed by atoms with Crippen molar-refractivity contribution in [1.29, 1.82) is 0 Å². The molecule has 1 aliphatic rings. The van der Waals surface area contributed by atoms with Crippen LogP contribution in [-0.4, -0.2) is 32.5 Å². The molecule has 136 valence electrons. The Morgan fingerprint density at radius 1 is 1.04 bits per heavy atom. The number of hydrogen-bond donors (Lipinski definition) is 1. The van der Waals surface area contributed by atoms with E-state index in [9.17, 15) is 26.7 Å². The Morgan fingerprint density at radius 3 is 2.19 bits per heavy atom. The summed E-state index contributed by atoms with van der Waals surface area (Å²) in [5.41, 5.74) is -0.650. The second-order valence-corrected chi connectivity index (χ2v) is 7.71. The van der Waals surface area contributed by atoms with Crippen LogP contribution in [0.4, 0.5) is 18.9 Å². The Kier molecular flexibility index (Phi) is 4.16. The van der Waals surface area contributed by atoms with Gasteiger partial charge < -0.3 is 5.11 Å². The molecule has 1 heterocycles. The number of phenolic OH excluding ortho intramolecular Hbond substituents is 1. The number of phenols is 1. The highest BCUT2D eigenvalue weighted by Gasteiger charge is 2.42. The van der Waals surface area contributed by atoms with E-state index in [4.69, 9.17) is 0 Å². The number of nitrogens with zero attached hydrogens (tertiary/aromatic N) is 2. The number of sulfone groups is 1. The molecular formula is C17H14F3N2O3S+. The lowest BCUT2D eigenvalue weighted by molar-refractivity contribution is -0.0581. The smallest absolute Gasteiger partial charge is 0.438 e. The molecule has 0 bridgehead atoms. The van der Waals surface area contributed by atoms with Crippen LogP contribution in [0.3, 0.4) is 0 Å². The predicted molar refractivity (Wildman–Crippen MR) is 90.3 cm³/mol. The fourth-order valence-corrected chi connectivity index (χ4v) is 3.89. The second kappa shape index (κ2) is 5.96. The summed E-state index contributed by atoms with van der Waals surface area (Å²) in [6.45, 7) is 0. The topological polar surface area (TPSA) is 66.7 Å². The lowest BCUT2D eigenvalue weighted by Gasteiger charge is -2.20. The number of para-hydroxylation sites is 1. The first-order chi connectivity index (χ1) is 12.0. The molecule has 0 saturated carbocycles. The number of aromatic hydroxyl groups is 1. The van der Waals surface area contributed by atoms with E-state index in [1.165, 1.54) is 61.8 Å². The summed E-state index contributed by atoms with van der Waals surface area (Å²) in [4.78, 5) is -0.329. The first-order valence-corrected chi connectivity index (χ1v) is 8.89. The van der Waals surface area contributed by atoms with Gasteiger partial charge in [-0.1, -0.05) is 17.2 Å². The third kappa shape index (κ3) is 3.11. The maximum atomic E-state index is 12.8. The van der Waals surface area contributed by atoms with Crippen molar-refractivity contribution in [3.05, 3.63) is 60.8 Å².